The van der Waals surface area contributed by atoms with E-state index in [1.54, 1.807) is 0 Å². The van der Waals surface area contributed by atoms with Gasteiger partial charge in [-0.2, -0.15) is 0 Å². The van der Waals surface area contributed by atoms with E-state index in [0.717, 1.165) is 74.4 Å². The lowest BCUT2D eigenvalue weighted by Gasteiger charge is -2.11. The average molecular weight is 456 g/mol. The third-order valence-electron chi connectivity index (χ3n) is 6.18. The van der Waals surface area contributed by atoms with Gasteiger partial charge < -0.3 is 30.6 Å². The molecule has 0 bridgehead atoms. The Hall–Kier alpha value is -3.65. The maximum Gasteiger partial charge on any atom is 0.138 e. The highest BCUT2D eigenvalue weighted by atomic mass is 16.5. The van der Waals surface area contributed by atoms with Crippen LogP contribution in [0.5, 0.6) is 5.75 Å². The van der Waals surface area contributed by atoms with E-state index in [2.05, 4.69) is 33.4 Å². The van der Waals surface area contributed by atoms with Crippen molar-refractivity contribution in [3.8, 4) is 17.1 Å². The number of nitrogens with zero attached hydrogens (tertiary/aromatic N) is 2. The Morgan fingerprint density at radius 2 is 1.85 bits per heavy atom. The fourth-order valence-corrected chi connectivity index (χ4v) is 4.32. The first-order valence-corrected chi connectivity index (χ1v) is 11.5. The number of fused-ring (bicyclic) bond motifs is 1. The van der Waals surface area contributed by atoms with Crippen LogP contribution in [0.3, 0.4) is 0 Å². The second kappa shape index (κ2) is 9.69. The van der Waals surface area contributed by atoms with Crippen LogP contribution in [0.4, 0.5) is 0 Å². The highest BCUT2D eigenvalue weighted by molar-refractivity contribution is 5.68. The van der Waals surface area contributed by atoms with Crippen molar-refractivity contribution in [1.29, 1.82) is 0 Å². The molecule has 174 valence electrons. The summed E-state index contributed by atoms with van der Waals surface area (Å²) in [5, 5.41) is 18.4. The average Bonchev–Trinajstić information content (AvgIpc) is 3.49. The number of nitrogens with two attached hydrogens (primary N) is 1. The molecule has 3 aromatic rings. The van der Waals surface area contributed by atoms with Crippen molar-refractivity contribution in [3.63, 3.8) is 0 Å². The summed E-state index contributed by atoms with van der Waals surface area (Å²) in [7, 11) is 4.06. The van der Waals surface area contributed by atoms with Gasteiger partial charge in [0.1, 0.15) is 23.9 Å². The van der Waals surface area contributed by atoms with Crippen molar-refractivity contribution >= 4 is 11.3 Å². The Morgan fingerprint density at radius 1 is 1.06 bits per heavy atom. The van der Waals surface area contributed by atoms with Gasteiger partial charge in [0.05, 0.1) is 10.7 Å². The quantitative estimate of drug-likeness (QED) is 0.486. The SMILES string of the molecule is CN(C)CCOc1ccc(-c2n/c(=c3\ccc4c(c3)CCC=4[NH2+][O-])c(=C3C=CNC=C3)[nH]2)cc1. The molecule has 0 spiro atoms. The third-order valence-corrected chi connectivity index (χ3v) is 6.18. The molecule has 0 amide bonds. The molecular formula is C27H29N5O2. The van der Waals surface area contributed by atoms with E-state index in [9.17, 15) is 5.21 Å². The van der Waals surface area contributed by atoms with E-state index in [-0.39, 0.29) is 0 Å². The number of imidazole rings is 1. The Morgan fingerprint density at radius 3 is 2.59 bits per heavy atom. The number of rotatable bonds is 6. The molecule has 0 radical (unpaired) electrons. The standard InChI is InChI=1S/C27H29N5O2/c1-32(2)15-16-34-22-7-3-19(4-8-22)27-29-25(18-11-13-28-14-12-18)26(30-27)21-5-9-23-20(17-21)6-10-24(23)31-33/h3-5,7-9,11-14,17,28H,6,10,15-16,31H2,1-2H3,(H,29,30)/b26-21+. The molecule has 1 aromatic heterocycles. The highest BCUT2D eigenvalue weighted by Gasteiger charge is 2.13. The Bertz CT molecular complexity index is 1450. The molecule has 0 saturated heterocycles. The van der Waals surface area contributed by atoms with E-state index < -0.39 is 0 Å². The lowest BCUT2D eigenvalue weighted by Crippen LogP contribution is -2.75. The molecule has 1 aliphatic carbocycles. The molecule has 2 aliphatic rings. The van der Waals surface area contributed by atoms with E-state index in [1.165, 1.54) is 5.56 Å². The number of quaternary nitrogens is 1. The molecule has 5 rings (SSSR count). The van der Waals surface area contributed by atoms with Crippen LogP contribution in [0.15, 0.2) is 67.0 Å². The summed E-state index contributed by atoms with van der Waals surface area (Å²) in [6.45, 7) is 1.52. The minimum absolute atomic E-state index is 0.647. The van der Waals surface area contributed by atoms with E-state index in [0.29, 0.717) is 6.61 Å². The van der Waals surface area contributed by atoms with Gasteiger partial charge in [0.15, 0.2) is 0 Å². The second-order valence-corrected chi connectivity index (χ2v) is 8.79. The largest absolute Gasteiger partial charge is 0.631 e. The number of hydrogen-bond donors (Lipinski definition) is 3. The van der Waals surface area contributed by atoms with Crippen molar-refractivity contribution < 1.29 is 10.2 Å². The predicted octanol–water partition coefficient (Wildman–Crippen LogP) is 1.20. The Balaban J connectivity index is 1.61. The fraction of sp³-hybridized carbons (Fsp3) is 0.222. The monoisotopic (exact) mass is 455 g/mol. The number of dihydropyridines is 1. The molecule has 0 unspecified atom stereocenters. The Labute approximate surface area is 198 Å². The highest BCUT2D eigenvalue weighted by Crippen LogP contribution is 2.19. The number of H-pyrrole nitrogens is 1. The molecule has 0 fully saturated rings. The summed E-state index contributed by atoms with van der Waals surface area (Å²) in [5.41, 5.74) is 5.12. The van der Waals surface area contributed by atoms with Gasteiger partial charge in [-0.05, 0) is 74.6 Å². The number of likely N-dealkylation sites (N-methyl/N-ethyl adjacent to an activating group) is 1. The number of allylic oxidation sites excluding steroid dienone is 2. The number of ether oxygens (including phenoxy) is 1. The van der Waals surface area contributed by atoms with Crippen LogP contribution < -0.4 is 26.1 Å². The normalized spacial score (nSPS) is 15.6. The molecule has 0 saturated carbocycles. The van der Waals surface area contributed by atoms with Crippen LogP contribution in [0.25, 0.3) is 22.7 Å². The third kappa shape index (κ3) is 4.54. The summed E-state index contributed by atoms with van der Waals surface area (Å²) in [4.78, 5) is 10.7. The van der Waals surface area contributed by atoms with Gasteiger partial charge in [-0.25, -0.2) is 4.98 Å². The summed E-state index contributed by atoms with van der Waals surface area (Å²) < 4.78 is 5.83. The molecule has 34 heavy (non-hydrogen) atoms. The number of nitrogens with one attached hydrogen (secondary N) is 2. The smallest absolute Gasteiger partial charge is 0.138 e. The minimum atomic E-state index is 0.647. The predicted molar refractivity (Wildman–Crippen MR) is 133 cm³/mol. The molecule has 4 N–H and O–H groups in total. The molecule has 0 atom stereocenters. The van der Waals surface area contributed by atoms with E-state index in [1.807, 2.05) is 62.9 Å². The zero-order valence-electron chi connectivity index (χ0n) is 19.5. The van der Waals surface area contributed by atoms with Crippen LogP contribution in [-0.4, -0.2) is 42.1 Å². The van der Waals surface area contributed by atoms with Crippen molar-refractivity contribution in [2.24, 2.45) is 0 Å². The van der Waals surface area contributed by atoms with Crippen LogP contribution in [0, 0.1) is 15.8 Å². The maximum absolute atomic E-state index is 11.4. The summed E-state index contributed by atoms with van der Waals surface area (Å²) in [6.07, 6.45) is 9.58. The topological polar surface area (TPSA) is 92.8 Å². The van der Waals surface area contributed by atoms with Gasteiger partial charge in [0.2, 0.25) is 0 Å². The van der Waals surface area contributed by atoms with Crippen molar-refractivity contribution in [2.45, 2.75) is 12.8 Å². The van der Waals surface area contributed by atoms with Crippen LogP contribution in [0.2, 0.25) is 0 Å². The lowest BCUT2D eigenvalue weighted by atomic mass is 10.1. The second-order valence-electron chi connectivity index (χ2n) is 8.79. The van der Waals surface area contributed by atoms with Crippen molar-refractivity contribution in [3.05, 3.63) is 98.9 Å². The molecular weight excluding hydrogens is 426 g/mol. The van der Waals surface area contributed by atoms with Crippen LogP contribution >= 0.6 is 0 Å². The lowest BCUT2D eigenvalue weighted by molar-refractivity contribution is -0.493. The molecule has 1 aliphatic heterocycles. The first-order valence-electron chi connectivity index (χ1n) is 11.5. The van der Waals surface area contributed by atoms with Gasteiger partial charge >= 0.3 is 0 Å². The minimum Gasteiger partial charge on any atom is -0.631 e. The van der Waals surface area contributed by atoms with Gasteiger partial charge in [0.25, 0.3) is 0 Å². The Kier molecular flexibility index (Phi) is 6.31. The van der Waals surface area contributed by atoms with Gasteiger partial charge in [-0.3, -0.25) is 0 Å². The van der Waals surface area contributed by atoms with Crippen LogP contribution in [-0.2, 0) is 6.42 Å². The van der Waals surface area contributed by atoms with Crippen molar-refractivity contribution in [2.75, 3.05) is 27.2 Å². The molecule has 2 heterocycles. The number of hydroxylamine groups is 1. The number of benzene rings is 2. The number of aryl methyl sites for hydroxylation is 1. The van der Waals surface area contributed by atoms with E-state index >= 15 is 0 Å². The number of hydrogen-bond acceptors (Lipinski definition) is 5. The van der Waals surface area contributed by atoms with Crippen molar-refractivity contribution in [1.82, 2.24) is 20.2 Å². The maximum atomic E-state index is 11.4. The number of aromatic amines is 1. The van der Waals surface area contributed by atoms with Gasteiger partial charge in [0, 0.05) is 46.9 Å². The van der Waals surface area contributed by atoms with Gasteiger partial charge in [-0.1, -0.05) is 6.07 Å². The number of aromatic nitrogens is 2. The zero-order chi connectivity index (χ0) is 23.5. The first-order chi connectivity index (χ1) is 16.6. The molecule has 7 nitrogen and oxygen atoms in total. The fourth-order valence-electron chi connectivity index (χ4n) is 4.32. The van der Waals surface area contributed by atoms with E-state index in [4.69, 9.17) is 9.72 Å². The summed E-state index contributed by atoms with van der Waals surface area (Å²) in [5.74, 6) is 1.65. The molecule has 7 heteroatoms. The van der Waals surface area contributed by atoms with Crippen LogP contribution in [0.1, 0.15) is 12.0 Å². The summed E-state index contributed by atoms with van der Waals surface area (Å²) >= 11 is 0. The first kappa shape index (κ1) is 22.2. The molecule has 2 aromatic carbocycles. The zero-order valence-corrected chi connectivity index (χ0v) is 19.5. The summed E-state index contributed by atoms with van der Waals surface area (Å²) in [6, 6.07) is 14.3. The van der Waals surface area contributed by atoms with Gasteiger partial charge in [-0.15, -0.1) is 0 Å².